The van der Waals surface area contributed by atoms with E-state index in [9.17, 15) is 14.0 Å². The van der Waals surface area contributed by atoms with E-state index in [1.807, 2.05) is 24.0 Å². The van der Waals surface area contributed by atoms with Gasteiger partial charge in [0.15, 0.2) is 0 Å². The van der Waals surface area contributed by atoms with Gasteiger partial charge in [0.1, 0.15) is 41.0 Å². The van der Waals surface area contributed by atoms with E-state index in [0.29, 0.717) is 55.2 Å². The Balaban J connectivity index is 1.37. The second-order valence-corrected chi connectivity index (χ2v) is 10.8. The smallest absolute Gasteiger partial charge is 0.315 e. The molecule has 0 radical (unpaired) electrons. The van der Waals surface area contributed by atoms with Gasteiger partial charge in [-0.15, -0.1) is 0 Å². The lowest BCUT2D eigenvalue weighted by Gasteiger charge is -2.40. The number of aromatic nitrogens is 1. The summed E-state index contributed by atoms with van der Waals surface area (Å²) in [4.78, 5) is 34.0. The fourth-order valence-electron chi connectivity index (χ4n) is 5.75. The normalized spacial score (nSPS) is 16.2. The number of hydrogen-bond donors (Lipinski definition) is 0. The fourth-order valence-corrected chi connectivity index (χ4v) is 5.75. The van der Waals surface area contributed by atoms with E-state index in [-0.39, 0.29) is 43.7 Å². The molecule has 10 heteroatoms. The number of pyridine rings is 1. The summed E-state index contributed by atoms with van der Waals surface area (Å²) >= 11 is 0. The third-order valence-corrected chi connectivity index (χ3v) is 8.10. The molecule has 2 aliphatic heterocycles. The third-order valence-electron chi connectivity index (χ3n) is 8.10. The minimum atomic E-state index is -0.922. The molecular formula is C32H35F2N3O5. The lowest BCUT2D eigenvalue weighted by atomic mass is 9.79. The van der Waals surface area contributed by atoms with Crippen LogP contribution in [0.15, 0.2) is 48.7 Å². The maximum Gasteiger partial charge on any atom is 0.315 e. The highest BCUT2D eigenvalue weighted by molar-refractivity contribution is 5.97. The minimum absolute atomic E-state index is 0.0417. The standard InChI is InChI=1S/C32H35F2N3O5/c1-4-41-31(39)32(13-15-36(16-14-32)30-21(2)17-23(33)18-35-30)20-42-27-11-10-26(34)29-25(27)9-12-28(38)37(29)19-22-5-7-24(40-3)8-6-22/h5-8,10-11,17-18H,4,9,12-16,19-20H2,1-3H3. The molecule has 2 aliphatic rings. The number of methoxy groups -OCH3 is 1. The van der Waals surface area contributed by atoms with E-state index < -0.39 is 17.0 Å². The molecule has 2 aromatic carbocycles. The second kappa shape index (κ2) is 12.3. The average molecular weight is 580 g/mol. The molecule has 5 rings (SSSR count). The number of anilines is 2. The monoisotopic (exact) mass is 579 g/mol. The van der Waals surface area contributed by atoms with Crippen molar-refractivity contribution >= 4 is 23.4 Å². The number of halogens is 2. The van der Waals surface area contributed by atoms with E-state index in [4.69, 9.17) is 14.2 Å². The molecule has 0 bridgehead atoms. The molecule has 8 nitrogen and oxygen atoms in total. The van der Waals surface area contributed by atoms with Gasteiger partial charge in [0.25, 0.3) is 0 Å². The summed E-state index contributed by atoms with van der Waals surface area (Å²) < 4.78 is 45.9. The first-order valence-corrected chi connectivity index (χ1v) is 14.2. The van der Waals surface area contributed by atoms with Gasteiger partial charge in [0.05, 0.1) is 32.1 Å². The zero-order valence-electron chi connectivity index (χ0n) is 24.1. The summed E-state index contributed by atoms with van der Waals surface area (Å²) in [5.74, 6) is 0.403. The number of ether oxygens (including phenoxy) is 3. The highest BCUT2D eigenvalue weighted by Crippen LogP contribution is 2.41. The van der Waals surface area contributed by atoms with Crippen molar-refractivity contribution in [1.82, 2.24) is 4.98 Å². The molecule has 0 atom stereocenters. The van der Waals surface area contributed by atoms with Crippen LogP contribution in [-0.2, 0) is 27.3 Å². The number of carbonyl (C=O) groups excluding carboxylic acids is 2. The zero-order chi connectivity index (χ0) is 29.9. The Morgan fingerprint density at radius 2 is 1.81 bits per heavy atom. The molecular weight excluding hydrogens is 544 g/mol. The molecule has 3 heterocycles. The molecule has 42 heavy (non-hydrogen) atoms. The molecule has 1 aromatic heterocycles. The van der Waals surface area contributed by atoms with Gasteiger partial charge < -0.3 is 24.0 Å². The molecule has 0 N–H and O–H groups in total. The van der Waals surface area contributed by atoms with Gasteiger partial charge in [-0.1, -0.05) is 12.1 Å². The van der Waals surface area contributed by atoms with Crippen molar-refractivity contribution in [2.24, 2.45) is 5.41 Å². The van der Waals surface area contributed by atoms with Crippen molar-refractivity contribution in [1.29, 1.82) is 0 Å². The van der Waals surface area contributed by atoms with E-state index >= 15 is 4.39 Å². The maximum atomic E-state index is 15.3. The SMILES string of the molecule is CCOC(=O)C1(COc2ccc(F)c3c2CCC(=O)N3Cc2ccc(OC)cc2)CCN(c2ncc(F)cc2C)CC1. The Morgan fingerprint density at radius 3 is 2.48 bits per heavy atom. The van der Waals surface area contributed by atoms with Crippen LogP contribution < -0.4 is 19.3 Å². The van der Waals surface area contributed by atoms with Gasteiger partial charge in [-0.2, -0.15) is 0 Å². The highest BCUT2D eigenvalue weighted by Gasteiger charge is 2.44. The molecule has 3 aromatic rings. The number of rotatable bonds is 9. The minimum Gasteiger partial charge on any atom is -0.497 e. The third kappa shape index (κ3) is 5.89. The zero-order valence-corrected chi connectivity index (χ0v) is 24.1. The van der Waals surface area contributed by atoms with E-state index in [2.05, 4.69) is 4.98 Å². The Hall–Kier alpha value is -4.21. The van der Waals surface area contributed by atoms with Crippen molar-refractivity contribution in [2.75, 3.05) is 43.2 Å². The summed E-state index contributed by atoms with van der Waals surface area (Å²) in [5, 5.41) is 0. The molecule has 0 saturated carbocycles. The molecule has 0 unspecified atom stereocenters. The average Bonchev–Trinajstić information content (AvgIpc) is 2.99. The lowest BCUT2D eigenvalue weighted by Crippen LogP contribution is -2.49. The van der Waals surface area contributed by atoms with Crippen LogP contribution >= 0.6 is 0 Å². The topological polar surface area (TPSA) is 81.2 Å². The number of hydrogen-bond acceptors (Lipinski definition) is 7. The van der Waals surface area contributed by atoms with E-state index in [1.165, 1.54) is 23.2 Å². The van der Waals surface area contributed by atoms with Crippen LogP contribution in [0.3, 0.4) is 0 Å². The quantitative estimate of drug-likeness (QED) is 0.315. The summed E-state index contributed by atoms with van der Waals surface area (Å²) in [6, 6.07) is 11.6. The van der Waals surface area contributed by atoms with Crippen LogP contribution in [0.4, 0.5) is 20.3 Å². The number of piperidine rings is 1. The summed E-state index contributed by atoms with van der Waals surface area (Å²) in [6.45, 7) is 5.06. The number of carbonyl (C=O) groups is 2. The summed E-state index contributed by atoms with van der Waals surface area (Å²) in [5.41, 5.74) is 1.45. The van der Waals surface area contributed by atoms with Crippen LogP contribution in [0.5, 0.6) is 11.5 Å². The Kier molecular flexibility index (Phi) is 8.61. The number of aryl methyl sites for hydroxylation is 1. The number of benzene rings is 2. The number of fused-ring (bicyclic) bond motifs is 1. The van der Waals surface area contributed by atoms with Crippen LogP contribution in [0.1, 0.15) is 42.9 Å². The molecule has 0 aliphatic carbocycles. The molecule has 222 valence electrons. The molecule has 1 amide bonds. The first-order valence-electron chi connectivity index (χ1n) is 14.2. The van der Waals surface area contributed by atoms with Crippen molar-refractivity contribution < 1.29 is 32.6 Å². The number of nitrogens with zero attached hydrogens (tertiary/aromatic N) is 3. The van der Waals surface area contributed by atoms with Gasteiger partial charge in [0, 0.05) is 25.1 Å². The fraction of sp³-hybridized carbons (Fsp3) is 0.406. The van der Waals surface area contributed by atoms with Crippen molar-refractivity contribution in [2.45, 2.75) is 46.1 Å². The van der Waals surface area contributed by atoms with Crippen LogP contribution in [0.2, 0.25) is 0 Å². The van der Waals surface area contributed by atoms with E-state index in [1.54, 1.807) is 32.2 Å². The molecule has 1 fully saturated rings. The predicted octanol–water partition coefficient (Wildman–Crippen LogP) is 5.38. The first kappa shape index (κ1) is 29.3. The van der Waals surface area contributed by atoms with Gasteiger partial charge in [-0.05, 0) is 74.6 Å². The van der Waals surface area contributed by atoms with Crippen molar-refractivity contribution in [3.05, 3.63) is 77.0 Å². The maximum absolute atomic E-state index is 15.3. The summed E-state index contributed by atoms with van der Waals surface area (Å²) in [6.07, 6.45) is 2.62. The summed E-state index contributed by atoms with van der Waals surface area (Å²) in [7, 11) is 1.58. The van der Waals surface area contributed by atoms with Gasteiger partial charge in [-0.3, -0.25) is 9.59 Å². The van der Waals surface area contributed by atoms with Crippen LogP contribution in [0, 0.1) is 24.0 Å². The Bertz CT molecular complexity index is 1460. The van der Waals surface area contributed by atoms with Crippen LogP contribution in [-0.4, -0.2) is 50.3 Å². The van der Waals surface area contributed by atoms with Gasteiger partial charge >= 0.3 is 5.97 Å². The predicted molar refractivity (Wildman–Crippen MR) is 154 cm³/mol. The van der Waals surface area contributed by atoms with Crippen LogP contribution in [0.25, 0.3) is 0 Å². The number of amides is 1. The highest BCUT2D eigenvalue weighted by atomic mass is 19.1. The molecule has 0 spiro atoms. The Labute approximate surface area is 244 Å². The van der Waals surface area contributed by atoms with Gasteiger partial charge in [0.2, 0.25) is 5.91 Å². The van der Waals surface area contributed by atoms with Gasteiger partial charge in [-0.25, -0.2) is 13.8 Å². The van der Waals surface area contributed by atoms with Crippen molar-refractivity contribution in [3.8, 4) is 11.5 Å². The van der Waals surface area contributed by atoms with Crippen molar-refractivity contribution in [3.63, 3.8) is 0 Å². The van der Waals surface area contributed by atoms with E-state index in [0.717, 1.165) is 11.1 Å². The first-order chi connectivity index (χ1) is 20.2. The lowest BCUT2D eigenvalue weighted by molar-refractivity contribution is -0.159. The molecule has 1 saturated heterocycles. The Morgan fingerprint density at radius 1 is 1.07 bits per heavy atom. The largest absolute Gasteiger partial charge is 0.497 e. The number of esters is 1. The second-order valence-electron chi connectivity index (χ2n) is 10.8.